The number of unbranched alkanes of at least 4 members (excludes halogenated alkanes) is 1. The fourth-order valence-corrected chi connectivity index (χ4v) is 1.70. The Morgan fingerprint density at radius 1 is 1.27 bits per heavy atom. The lowest BCUT2D eigenvalue weighted by Crippen LogP contribution is -2.01. The summed E-state index contributed by atoms with van der Waals surface area (Å²) in [6, 6.07) is 0. The van der Waals surface area contributed by atoms with Crippen molar-refractivity contribution in [2.24, 2.45) is 0 Å². The Kier molecular flexibility index (Phi) is 4.97. The first kappa shape index (κ1) is 10.5. The normalized spacial score (nSPS) is 10.4. The first-order chi connectivity index (χ1) is 5.12. The number of hydrogen-bond acceptors (Lipinski definition) is 2. The fourth-order valence-electron chi connectivity index (χ4n) is 0.568. The lowest BCUT2D eigenvalue weighted by Gasteiger charge is -1.91. The molecule has 0 fully saturated rings. The van der Waals surface area contributed by atoms with Gasteiger partial charge in [-0.2, -0.15) is 0 Å². The van der Waals surface area contributed by atoms with Gasteiger partial charge in [-0.05, 0) is 6.42 Å². The van der Waals surface area contributed by atoms with E-state index in [0.717, 1.165) is 6.42 Å². The third kappa shape index (κ3) is 5.93. The van der Waals surface area contributed by atoms with Crippen molar-refractivity contribution in [1.29, 1.82) is 0 Å². The smallest absolute Gasteiger partial charge is 0.215 e. The van der Waals surface area contributed by atoms with Crippen molar-refractivity contribution in [1.82, 2.24) is 0 Å². The van der Waals surface area contributed by atoms with E-state index in [2.05, 4.69) is 11.2 Å². The molecule has 0 amide bonds. The van der Waals surface area contributed by atoms with Crippen LogP contribution in [0.4, 0.5) is 0 Å². The second kappa shape index (κ2) is 5.20. The maximum atomic E-state index is 11.0. The van der Waals surface area contributed by atoms with E-state index in [-0.39, 0.29) is 5.75 Å². The van der Waals surface area contributed by atoms with Gasteiger partial charge in [-0.1, -0.05) is 26.2 Å². The zero-order chi connectivity index (χ0) is 8.74. The zero-order valence-corrected chi connectivity index (χ0v) is 7.87. The van der Waals surface area contributed by atoms with Gasteiger partial charge in [0.2, 0.25) is 9.84 Å². The van der Waals surface area contributed by atoms with Crippen LogP contribution in [-0.4, -0.2) is 14.2 Å². The van der Waals surface area contributed by atoms with Gasteiger partial charge in [0.25, 0.3) is 0 Å². The maximum absolute atomic E-state index is 11.0. The van der Waals surface area contributed by atoms with E-state index in [1.807, 2.05) is 13.8 Å². The molecule has 64 valence electrons. The van der Waals surface area contributed by atoms with E-state index in [0.29, 0.717) is 12.8 Å². The van der Waals surface area contributed by atoms with Crippen LogP contribution in [0.15, 0.2) is 0 Å². The monoisotopic (exact) mass is 174 g/mol. The highest BCUT2D eigenvalue weighted by atomic mass is 32.2. The van der Waals surface area contributed by atoms with Crippen LogP contribution in [0.5, 0.6) is 0 Å². The van der Waals surface area contributed by atoms with E-state index < -0.39 is 9.84 Å². The van der Waals surface area contributed by atoms with Gasteiger partial charge in [-0.25, -0.2) is 8.42 Å². The van der Waals surface area contributed by atoms with Crippen molar-refractivity contribution in [3.8, 4) is 11.2 Å². The summed E-state index contributed by atoms with van der Waals surface area (Å²) in [5.41, 5.74) is 0. The Morgan fingerprint density at radius 2 is 1.91 bits per heavy atom. The lowest BCUT2D eigenvalue weighted by molar-refractivity contribution is 0.603. The first-order valence-electron chi connectivity index (χ1n) is 3.84. The Balaban J connectivity index is 4.02. The van der Waals surface area contributed by atoms with Gasteiger partial charge in [0, 0.05) is 11.7 Å². The van der Waals surface area contributed by atoms with Crippen LogP contribution in [0.1, 0.15) is 33.1 Å². The molecule has 0 unspecified atom stereocenters. The Hall–Kier alpha value is -0.490. The number of hydrogen-bond donors (Lipinski definition) is 0. The summed E-state index contributed by atoms with van der Waals surface area (Å²) in [5.74, 6) is 2.76. The number of rotatable bonds is 3. The van der Waals surface area contributed by atoms with Gasteiger partial charge in [0.1, 0.15) is 0 Å². The van der Waals surface area contributed by atoms with Crippen molar-refractivity contribution < 1.29 is 8.42 Å². The molecule has 0 heterocycles. The molecule has 0 aliphatic rings. The molecule has 0 aromatic rings. The van der Waals surface area contributed by atoms with Crippen molar-refractivity contribution >= 4 is 9.84 Å². The quantitative estimate of drug-likeness (QED) is 0.481. The van der Waals surface area contributed by atoms with Crippen molar-refractivity contribution in [2.45, 2.75) is 33.1 Å². The molecule has 2 nitrogen and oxygen atoms in total. The van der Waals surface area contributed by atoms with Crippen LogP contribution in [0.2, 0.25) is 0 Å². The Labute approximate surface area is 68.9 Å². The maximum Gasteiger partial charge on any atom is 0.216 e. The molecule has 3 heteroatoms. The van der Waals surface area contributed by atoms with Crippen LogP contribution < -0.4 is 0 Å². The van der Waals surface area contributed by atoms with Crippen LogP contribution in [0.3, 0.4) is 0 Å². The van der Waals surface area contributed by atoms with Crippen LogP contribution in [0, 0.1) is 11.2 Å². The summed E-state index contributed by atoms with van der Waals surface area (Å²) >= 11 is 0. The molecule has 0 saturated heterocycles. The topological polar surface area (TPSA) is 34.1 Å². The van der Waals surface area contributed by atoms with E-state index >= 15 is 0 Å². The van der Waals surface area contributed by atoms with E-state index in [4.69, 9.17) is 0 Å². The standard InChI is InChI=1S/C8H14O2S/c1-3-5-7-11(9,10)8-6-4-2/h3-5,7H2,1-2H3. The summed E-state index contributed by atoms with van der Waals surface area (Å²) in [6.45, 7) is 3.80. The minimum Gasteiger partial charge on any atom is -0.215 e. The molecule has 0 atom stereocenters. The first-order valence-corrected chi connectivity index (χ1v) is 5.50. The molecule has 0 bridgehead atoms. The third-order valence-electron chi connectivity index (χ3n) is 1.17. The predicted molar refractivity (Wildman–Crippen MR) is 46.8 cm³/mol. The molecule has 0 aliphatic carbocycles. The highest BCUT2D eigenvalue weighted by molar-refractivity contribution is 7.96. The predicted octanol–water partition coefficient (Wildman–Crippen LogP) is 1.57. The molecule has 0 radical (unpaired) electrons. The highest BCUT2D eigenvalue weighted by Crippen LogP contribution is 1.94. The minimum absolute atomic E-state index is 0.205. The van der Waals surface area contributed by atoms with E-state index in [1.54, 1.807) is 0 Å². The Morgan fingerprint density at radius 3 is 2.36 bits per heavy atom. The number of sulfone groups is 1. The molecular formula is C8H14O2S. The SMILES string of the molecule is CCC#CS(=O)(=O)CCCC. The van der Waals surface area contributed by atoms with Crippen LogP contribution in [0.25, 0.3) is 0 Å². The molecule has 11 heavy (non-hydrogen) atoms. The van der Waals surface area contributed by atoms with E-state index in [1.165, 1.54) is 0 Å². The molecule has 0 rings (SSSR count). The lowest BCUT2D eigenvalue weighted by atomic mass is 10.4. The minimum atomic E-state index is -3.07. The third-order valence-corrected chi connectivity index (χ3v) is 2.45. The molecule has 0 aromatic heterocycles. The van der Waals surface area contributed by atoms with Gasteiger partial charge in [-0.3, -0.25) is 0 Å². The van der Waals surface area contributed by atoms with Gasteiger partial charge < -0.3 is 0 Å². The largest absolute Gasteiger partial charge is 0.216 e. The van der Waals surface area contributed by atoms with Gasteiger partial charge in [0.05, 0.1) is 5.75 Å². The van der Waals surface area contributed by atoms with Crippen molar-refractivity contribution in [3.05, 3.63) is 0 Å². The molecule has 0 N–H and O–H groups in total. The van der Waals surface area contributed by atoms with Gasteiger partial charge in [0.15, 0.2) is 0 Å². The van der Waals surface area contributed by atoms with E-state index in [9.17, 15) is 8.42 Å². The second-order valence-electron chi connectivity index (χ2n) is 2.30. The molecule has 0 saturated carbocycles. The molecule has 0 aliphatic heterocycles. The summed E-state index contributed by atoms with van der Waals surface area (Å²) in [7, 11) is -3.07. The zero-order valence-electron chi connectivity index (χ0n) is 7.05. The average Bonchev–Trinajstić information content (AvgIpc) is 1.97. The summed E-state index contributed by atoms with van der Waals surface area (Å²) in [6.07, 6.45) is 2.21. The fraction of sp³-hybridized carbons (Fsp3) is 0.750. The summed E-state index contributed by atoms with van der Waals surface area (Å²) < 4.78 is 21.9. The van der Waals surface area contributed by atoms with Crippen molar-refractivity contribution in [3.63, 3.8) is 0 Å². The van der Waals surface area contributed by atoms with Gasteiger partial charge >= 0.3 is 0 Å². The second-order valence-corrected chi connectivity index (χ2v) is 4.15. The van der Waals surface area contributed by atoms with Crippen LogP contribution in [-0.2, 0) is 9.84 Å². The molecule has 0 aromatic carbocycles. The molecular weight excluding hydrogens is 160 g/mol. The summed E-state index contributed by atoms with van der Waals surface area (Å²) in [4.78, 5) is 0. The summed E-state index contributed by atoms with van der Waals surface area (Å²) in [5, 5.41) is 2.27. The molecule has 0 spiro atoms. The van der Waals surface area contributed by atoms with Crippen LogP contribution >= 0.6 is 0 Å². The van der Waals surface area contributed by atoms with Crippen molar-refractivity contribution in [2.75, 3.05) is 5.75 Å². The highest BCUT2D eigenvalue weighted by Gasteiger charge is 2.03. The van der Waals surface area contributed by atoms with Gasteiger partial charge in [-0.15, -0.1) is 0 Å². The average molecular weight is 174 g/mol. The Bertz CT molecular complexity index is 241.